The van der Waals surface area contributed by atoms with E-state index in [1.54, 1.807) is 0 Å². The number of aliphatic hydroxyl groups is 1. The maximum Gasteiger partial charge on any atom is 0.184 e. The van der Waals surface area contributed by atoms with Gasteiger partial charge in [-0.2, -0.15) is 0 Å². The molecule has 0 bridgehead atoms. The zero-order valence-corrected chi connectivity index (χ0v) is 5.37. The summed E-state index contributed by atoms with van der Waals surface area (Å²) in [7, 11) is 0. The Balaban J connectivity index is 2.57. The molecule has 0 saturated heterocycles. The van der Waals surface area contributed by atoms with Crippen LogP contribution in [-0.4, -0.2) is 10.2 Å². The van der Waals surface area contributed by atoms with Crippen LogP contribution in [0.1, 0.15) is 19.3 Å². The summed E-state index contributed by atoms with van der Waals surface area (Å²) >= 11 is 4.54. The number of hydrogen-bond acceptors (Lipinski definition) is 1. The van der Waals surface area contributed by atoms with Crippen molar-refractivity contribution in [2.24, 2.45) is 0 Å². The summed E-state index contributed by atoms with van der Waals surface area (Å²) in [6.07, 6.45) is 5.20. The minimum Gasteiger partial charge on any atom is -0.499 e. The Kier molecular flexibility index (Phi) is 1.63. The summed E-state index contributed by atoms with van der Waals surface area (Å²) in [4.78, 5) is 0. The molecule has 0 fully saturated rings. The van der Waals surface area contributed by atoms with E-state index in [1.807, 2.05) is 6.08 Å². The van der Waals surface area contributed by atoms with Gasteiger partial charge >= 0.3 is 0 Å². The number of allylic oxidation sites excluding steroid dienone is 1. The maximum atomic E-state index is 8.72. The maximum absolute atomic E-state index is 8.72. The lowest BCUT2D eigenvalue weighted by atomic mass is 10.2. The Hall–Kier alpha value is -0.370. The first-order valence-electron chi connectivity index (χ1n) is 2.73. The molecule has 0 aliphatic heterocycles. The Labute approximate surface area is 54.0 Å². The van der Waals surface area contributed by atoms with Gasteiger partial charge in [0.2, 0.25) is 0 Å². The highest BCUT2D eigenvalue weighted by Crippen LogP contribution is 2.17. The van der Waals surface area contributed by atoms with Crippen LogP contribution >= 0.6 is 12.2 Å². The van der Waals surface area contributed by atoms with Crippen LogP contribution in [0.2, 0.25) is 0 Å². The average molecular weight is 128 g/mol. The van der Waals surface area contributed by atoms with Gasteiger partial charge in [0.25, 0.3) is 0 Å². The van der Waals surface area contributed by atoms with Crippen LogP contribution in [0.15, 0.2) is 11.6 Å². The van der Waals surface area contributed by atoms with Gasteiger partial charge in [0.05, 0.1) is 0 Å². The van der Waals surface area contributed by atoms with E-state index >= 15 is 0 Å². The Morgan fingerprint density at radius 2 is 2.50 bits per heavy atom. The summed E-state index contributed by atoms with van der Waals surface area (Å²) in [6, 6.07) is 0. The van der Waals surface area contributed by atoms with Gasteiger partial charge in [-0.1, -0.05) is 6.08 Å². The second kappa shape index (κ2) is 2.27. The van der Waals surface area contributed by atoms with E-state index in [2.05, 4.69) is 12.2 Å². The van der Waals surface area contributed by atoms with Crippen molar-refractivity contribution >= 4 is 17.3 Å². The fourth-order valence-corrected chi connectivity index (χ4v) is 1.05. The predicted molar refractivity (Wildman–Crippen MR) is 37.2 cm³/mol. The normalized spacial score (nSPS) is 18.2. The molecule has 0 heterocycles. The number of aliphatic hydroxyl groups excluding tert-OH is 1. The van der Waals surface area contributed by atoms with Crippen LogP contribution in [0.3, 0.4) is 0 Å². The molecule has 0 radical (unpaired) electrons. The minimum atomic E-state index is 0.0856. The molecule has 0 aromatic carbocycles. The Morgan fingerprint density at radius 1 is 1.75 bits per heavy atom. The average Bonchev–Trinajstić information content (AvgIpc) is 2.12. The topological polar surface area (TPSA) is 20.2 Å². The van der Waals surface area contributed by atoms with Crippen molar-refractivity contribution < 1.29 is 5.11 Å². The molecule has 0 spiro atoms. The van der Waals surface area contributed by atoms with E-state index in [4.69, 9.17) is 5.11 Å². The number of rotatable bonds is 1. The van der Waals surface area contributed by atoms with E-state index in [-0.39, 0.29) is 5.05 Å². The third-order valence-corrected chi connectivity index (χ3v) is 1.58. The molecule has 0 aromatic rings. The standard InChI is InChI=1S/C6H8OS/c7-6(8)5-3-1-2-4-5/h3H,1-2,4H2,(H,7,8). The molecule has 0 saturated carbocycles. The second-order valence-corrected chi connectivity index (χ2v) is 2.31. The van der Waals surface area contributed by atoms with Crippen LogP contribution in [0.5, 0.6) is 0 Å². The Morgan fingerprint density at radius 3 is 2.75 bits per heavy atom. The van der Waals surface area contributed by atoms with Crippen LogP contribution < -0.4 is 0 Å². The summed E-state index contributed by atoms with van der Waals surface area (Å²) in [6.45, 7) is 0. The van der Waals surface area contributed by atoms with E-state index in [0.29, 0.717) is 0 Å². The van der Waals surface area contributed by atoms with Crippen LogP contribution in [0.25, 0.3) is 0 Å². The van der Waals surface area contributed by atoms with Crippen molar-refractivity contribution in [2.45, 2.75) is 19.3 Å². The lowest BCUT2D eigenvalue weighted by Crippen LogP contribution is -1.92. The summed E-state index contributed by atoms with van der Waals surface area (Å²) in [5.74, 6) is 0. The zero-order valence-electron chi connectivity index (χ0n) is 4.55. The molecule has 1 aliphatic rings. The van der Waals surface area contributed by atoms with Gasteiger partial charge in [0.1, 0.15) is 0 Å². The highest BCUT2D eigenvalue weighted by molar-refractivity contribution is 7.80. The van der Waals surface area contributed by atoms with Gasteiger partial charge in [-0.3, -0.25) is 0 Å². The molecule has 1 N–H and O–H groups in total. The van der Waals surface area contributed by atoms with E-state index < -0.39 is 0 Å². The lowest BCUT2D eigenvalue weighted by Gasteiger charge is -1.91. The number of thiocarbonyl (C=S) groups is 1. The molecule has 0 atom stereocenters. The van der Waals surface area contributed by atoms with Gasteiger partial charge in [-0.25, -0.2) is 0 Å². The molecule has 0 aromatic heterocycles. The summed E-state index contributed by atoms with van der Waals surface area (Å²) in [5.41, 5.74) is 0.958. The molecule has 1 nitrogen and oxygen atoms in total. The molecule has 8 heavy (non-hydrogen) atoms. The van der Waals surface area contributed by atoms with Gasteiger partial charge in [0, 0.05) is 5.57 Å². The second-order valence-electron chi connectivity index (χ2n) is 1.93. The largest absolute Gasteiger partial charge is 0.499 e. The van der Waals surface area contributed by atoms with Crippen molar-refractivity contribution in [2.75, 3.05) is 0 Å². The molecule has 0 unspecified atom stereocenters. The van der Waals surface area contributed by atoms with E-state index in [1.165, 1.54) is 0 Å². The van der Waals surface area contributed by atoms with Gasteiger partial charge < -0.3 is 5.11 Å². The first-order valence-corrected chi connectivity index (χ1v) is 3.14. The fourth-order valence-electron chi connectivity index (χ4n) is 0.865. The molecular weight excluding hydrogens is 120 g/mol. The molecule has 0 amide bonds. The molecule has 1 rings (SSSR count). The van der Waals surface area contributed by atoms with Crippen LogP contribution in [0, 0.1) is 0 Å². The van der Waals surface area contributed by atoms with Crippen LogP contribution in [0.4, 0.5) is 0 Å². The van der Waals surface area contributed by atoms with Crippen molar-refractivity contribution in [3.63, 3.8) is 0 Å². The first-order chi connectivity index (χ1) is 3.80. The van der Waals surface area contributed by atoms with Gasteiger partial charge in [-0.05, 0) is 31.5 Å². The predicted octanol–water partition coefficient (Wildman–Crippen LogP) is 1.98. The van der Waals surface area contributed by atoms with E-state index in [9.17, 15) is 0 Å². The first kappa shape index (κ1) is 5.76. The zero-order chi connectivity index (χ0) is 5.98. The smallest absolute Gasteiger partial charge is 0.184 e. The summed E-state index contributed by atoms with van der Waals surface area (Å²) < 4.78 is 0. The van der Waals surface area contributed by atoms with Gasteiger partial charge in [0.15, 0.2) is 5.05 Å². The van der Waals surface area contributed by atoms with Crippen LogP contribution in [-0.2, 0) is 0 Å². The van der Waals surface area contributed by atoms with Gasteiger partial charge in [-0.15, -0.1) is 0 Å². The third kappa shape index (κ3) is 1.07. The van der Waals surface area contributed by atoms with Crippen molar-refractivity contribution in [1.82, 2.24) is 0 Å². The number of hydrogen-bond donors (Lipinski definition) is 1. The molecule has 1 aliphatic carbocycles. The summed E-state index contributed by atoms with van der Waals surface area (Å²) in [5, 5.41) is 8.80. The molecule has 44 valence electrons. The molecule has 2 heteroatoms. The van der Waals surface area contributed by atoms with Crippen molar-refractivity contribution in [1.29, 1.82) is 0 Å². The minimum absolute atomic E-state index is 0.0856. The monoisotopic (exact) mass is 128 g/mol. The van der Waals surface area contributed by atoms with Crippen molar-refractivity contribution in [3.05, 3.63) is 11.6 Å². The highest BCUT2D eigenvalue weighted by Gasteiger charge is 2.06. The highest BCUT2D eigenvalue weighted by atomic mass is 32.1. The quantitative estimate of drug-likeness (QED) is 0.545. The molecular formula is C6H8OS. The lowest BCUT2D eigenvalue weighted by molar-refractivity contribution is 0.566. The third-order valence-electron chi connectivity index (χ3n) is 1.32. The SMILES string of the molecule is OC(=S)C1=CCCC1. The fraction of sp³-hybridized carbons (Fsp3) is 0.500. The Bertz CT molecular complexity index is 137. The van der Waals surface area contributed by atoms with E-state index in [0.717, 1.165) is 24.8 Å². The van der Waals surface area contributed by atoms with Crippen molar-refractivity contribution in [3.8, 4) is 0 Å².